The van der Waals surface area contributed by atoms with Crippen LogP contribution in [-0.2, 0) is 6.18 Å². The molecule has 2 unspecified atom stereocenters. The van der Waals surface area contributed by atoms with Crippen molar-refractivity contribution in [2.24, 2.45) is 11.8 Å². The van der Waals surface area contributed by atoms with Gasteiger partial charge in [-0.15, -0.1) is 0 Å². The first-order valence-corrected chi connectivity index (χ1v) is 14.8. The third-order valence-electron chi connectivity index (χ3n) is 8.71. The van der Waals surface area contributed by atoms with Crippen LogP contribution < -0.4 is 5.32 Å². The van der Waals surface area contributed by atoms with Crippen LogP contribution in [0.5, 0.6) is 0 Å². The first-order valence-electron chi connectivity index (χ1n) is 14.8. The molecule has 2 nitrogen and oxygen atoms in total. The fourth-order valence-corrected chi connectivity index (χ4v) is 6.64. The summed E-state index contributed by atoms with van der Waals surface area (Å²) in [7, 11) is 0. The van der Waals surface area contributed by atoms with E-state index in [1.165, 1.54) is 50.7 Å². The molecule has 1 aromatic carbocycles. The van der Waals surface area contributed by atoms with E-state index >= 15 is 0 Å². The Bertz CT molecular complexity index is 801. The number of benzene rings is 1. The molecule has 1 aromatic rings. The van der Waals surface area contributed by atoms with Crippen molar-refractivity contribution < 1.29 is 27.1 Å². The van der Waals surface area contributed by atoms with Gasteiger partial charge in [-0.25, -0.2) is 8.78 Å². The largest absolute Gasteiger partial charge is 0.416 e. The molecule has 3 fully saturated rings. The highest BCUT2D eigenvalue weighted by Gasteiger charge is 2.35. The second-order valence-electron chi connectivity index (χ2n) is 12.7. The van der Waals surface area contributed by atoms with Crippen LogP contribution in [0.2, 0.25) is 0 Å². The number of alkyl halides is 5. The fraction of sp³-hybridized carbons (Fsp3) is 0.806. The highest BCUT2D eigenvalue weighted by atomic mass is 19.4. The van der Waals surface area contributed by atoms with Crippen LogP contribution >= 0.6 is 0 Å². The maximum Gasteiger partial charge on any atom is 0.416 e. The van der Waals surface area contributed by atoms with Gasteiger partial charge < -0.3 is 10.4 Å². The van der Waals surface area contributed by atoms with Crippen LogP contribution in [0.3, 0.4) is 0 Å². The molecule has 0 bridgehead atoms. The summed E-state index contributed by atoms with van der Waals surface area (Å²) in [5, 5.41) is 13.4. The average Bonchev–Trinajstić information content (AvgIpc) is 2.85. The van der Waals surface area contributed by atoms with Crippen LogP contribution in [0, 0.1) is 11.8 Å². The van der Waals surface area contributed by atoms with Crippen LogP contribution in [0.4, 0.5) is 22.0 Å². The Labute approximate surface area is 226 Å². The third kappa shape index (κ3) is 11.1. The Hall–Kier alpha value is -1.21. The molecular formula is C31H48F5NO. The molecule has 218 valence electrons. The van der Waals surface area contributed by atoms with Crippen molar-refractivity contribution in [2.45, 2.75) is 140 Å². The SMILES string of the molecule is CC(C)(O)CC1CCCC(c2ccc(C(F)(F)F)cc2)C1.FC1(F)CCC(NCCC2CCCCC2)CC1. The minimum Gasteiger partial charge on any atom is -0.390 e. The molecule has 2 N–H and O–H groups in total. The number of nitrogens with one attached hydrogen (secondary N) is 1. The van der Waals surface area contributed by atoms with Crippen molar-refractivity contribution in [1.29, 1.82) is 0 Å². The summed E-state index contributed by atoms with van der Waals surface area (Å²) in [6.45, 7) is 4.66. The van der Waals surface area contributed by atoms with Gasteiger partial charge in [-0.05, 0) is 94.4 Å². The molecule has 4 rings (SSSR count). The van der Waals surface area contributed by atoms with Crippen LogP contribution in [0.1, 0.15) is 127 Å². The van der Waals surface area contributed by atoms with Crippen molar-refractivity contribution in [3.05, 3.63) is 35.4 Å². The van der Waals surface area contributed by atoms with Crippen LogP contribution in [0.25, 0.3) is 0 Å². The van der Waals surface area contributed by atoms with E-state index in [1.807, 2.05) is 13.8 Å². The number of halogens is 5. The van der Waals surface area contributed by atoms with E-state index in [9.17, 15) is 27.1 Å². The van der Waals surface area contributed by atoms with E-state index in [2.05, 4.69) is 5.32 Å². The molecule has 0 saturated heterocycles. The van der Waals surface area contributed by atoms with Gasteiger partial charge in [-0.3, -0.25) is 0 Å². The van der Waals surface area contributed by atoms with E-state index in [0.717, 1.165) is 50.1 Å². The maximum absolute atomic E-state index is 13.0. The molecule has 7 heteroatoms. The van der Waals surface area contributed by atoms with Gasteiger partial charge in [0.1, 0.15) is 0 Å². The highest BCUT2D eigenvalue weighted by Crippen LogP contribution is 2.40. The molecule has 3 saturated carbocycles. The number of aliphatic hydroxyl groups is 1. The Morgan fingerprint density at radius 2 is 1.45 bits per heavy atom. The molecule has 2 atom stereocenters. The van der Waals surface area contributed by atoms with Gasteiger partial charge >= 0.3 is 6.18 Å². The second kappa shape index (κ2) is 13.9. The standard InChI is InChI=1S/C17H23F3O.C14H25F2N/c1-16(2,21)11-12-4-3-5-14(10-12)13-6-8-15(9-7-13)17(18,19)20;15-14(16)9-6-13(7-10-14)17-11-8-12-4-2-1-3-5-12/h6-9,12,14,21H,3-5,10-11H2,1-2H3;12-13,17H,1-11H2. The fourth-order valence-electron chi connectivity index (χ4n) is 6.64. The zero-order chi connectivity index (χ0) is 27.8. The van der Waals surface area contributed by atoms with Crippen molar-refractivity contribution in [3.63, 3.8) is 0 Å². The molecule has 0 heterocycles. The van der Waals surface area contributed by atoms with Crippen molar-refractivity contribution in [1.82, 2.24) is 5.32 Å². The van der Waals surface area contributed by atoms with E-state index in [0.29, 0.717) is 30.7 Å². The van der Waals surface area contributed by atoms with Gasteiger partial charge in [0, 0.05) is 18.9 Å². The molecule has 3 aliphatic carbocycles. The van der Waals surface area contributed by atoms with E-state index in [4.69, 9.17) is 0 Å². The van der Waals surface area contributed by atoms with Gasteiger partial charge in [0.25, 0.3) is 0 Å². The normalized spacial score (nSPS) is 25.5. The topological polar surface area (TPSA) is 32.3 Å². The molecule has 0 amide bonds. The predicted octanol–water partition coefficient (Wildman–Crippen LogP) is 9.26. The quantitative estimate of drug-likeness (QED) is 0.335. The van der Waals surface area contributed by atoms with E-state index < -0.39 is 23.3 Å². The van der Waals surface area contributed by atoms with Crippen LogP contribution in [0.15, 0.2) is 24.3 Å². The molecule has 0 spiro atoms. The lowest BCUT2D eigenvalue weighted by Gasteiger charge is -2.33. The van der Waals surface area contributed by atoms with Crippen molar-refractivity contribution in [3.8, 4) is 0 Å². The predicted molar refractivity (Wildman–Crippen MR) is 143 cm³/mol. The Kier molecular flexibility index (Phi) is 11.5. The molecule has 0 radical (unpaired) electrons. The lowest BCUT2D eigenvalue weighted by molar-refractivity contribution is -0.137. The summed E-state index contributed by atoms with van der Waals surface area (Å²) in [6, 6.07) is 5.92. The van der Waals surface area contributed by atoms with Gasteiger partial charge in [0.15, 0.2) is 0 Å². The second-order valence-corrected chi connectivity index (χ2v) is 12.7. The summed E-state index contributed by atoms with van der Waals surface area (Å²) in [6.07, 6.45) is 10.3. The number of rotatable bonds is 7. The monoisotopic (exact) mass is 545 g/mol. The van der Waals surface area contributed by atoms with Gasteiger partial charge in [0.2, 0.25) is 5.92 Å². The van der Waals surface area contributed by atoms with E-state index in [-0.39, 0.29) is 12.8 Å². The first kappa shape index (κ1) is 31.3. The summed E-state index contributed by atoms with van der Waals surface area (Å²) >= 11 is 0. The minimum absolute atomic E-state index is 0.0775. The third-order valence-corrected chi connectivity index (χ3v) is 8.71. The molecule has 0 aliphatic heterocycles. The van der Waals surface area contributed by atoms with Crippen LogP contribution in [-0.4, -0.2) is 29.2 Å². The lowest BCUT2D eigenvalue weighted by atomic mass is 9.74. The smallest absolute Gasteiger partial charge is 0.390 e. The highest BCUT2D eigenvalue weighted by molar-refractivity contribution is 5.27. The average molecular weight is 546 g/mol. The summed E-state index contributed by atoms with van der Waals surface area (Å²) < 4.78 is 63.7. The van der Waals surface area contributed by atoms with Crippen molar-refractivity contribution >= 4 is 0 Å². The number of hydrogen-bond acceptors (Lipinski definition) is 2. The molecular weight excluding hydrogens is 497 g/mol. The van der Waals surface area contributed by atoms with Gasteiger partial charge in [-0.2, -0.15) is 13.2 Å². The molecule has 0 aromatic heterocycles. The molecule has 38 heavy (non-hydrogen) atoms. The Morgan fingerprint density at radius 1 is 0.842 bits per heavy atom. The summed E-state index contributed by atoms with van der Waals surface area (Å²) in [5.41, 5.74) is -0.272. The zero-order valence-electron chi connectivity index (χ0n) is 23.3. The summed E-state index contributed by atoms with van der Waals surface area (Å²) in [4.78, 5) is 0. The summed E-state index contributed by atoms with van der Waals surface area (Å²) in [5.74, 6) is -0.734. The molecule has 3 aliphatic rings. The zero-order valence-corrected chi connectivity index (χ0v) is 23.3. The number of hydrogen-bond donors (Lipinski definition) is 2. The Balaban J connectivity index is 0.000000215. The van der Waals surface area contributed by atoms with Gasteiger partial charge in [-0.1, -0.05) is 57.1 Å². The Morgan fingerprint density at radius 3 is 2.03 bits per heavy atom. The minimum atomic E-state index is -4.27. The van der Waals surface area contributed by atoms with E-state index in [1.54, 1.807) is 12.1 Å². The first-order chi connectivity index (χ1) is 17.8. The maximum atomic E-state index is 13.0. The van der Waals surface area contributed by atoms with Gasteiger partial charge in [0.05, 0.1) is 11.2 Å². The van der Waals surface area contributed by atoms with Crippen molar-refractivity contribution in [2.75, 3.05) is 6.54 Å². The lowest BCUT2D eigenvalue weighted by Crippen LogP contribution is -2.37.